The van der Waals surface area contributed by atoms with Crippen molar-refractivity contribution in [3.05, 3.63) is 24.3 Å². The van der Waals surface area contributed by atoms with Gasteiger partial charge in [0.2, 0.25) is 5.91 Å². The van der Waals surface area contributed by atoms with Gasteiger partial charge in [-0.3, -0.25) is 4.79 Å². The molecule has 1 aliphatic heterocycles. The number of anilines is 1. The number of amides is 3. The van der Waals surface area contributed by atoms with Crippen molar-refractivity contribution >= 4 is 17.6 Å². The number of ether oxygens (including phenoxy) is 2. The van der Waals surface area contributed by atoms with E-state index < -0.39 is 0 Å². The topological polar surface area (TPSA) is 79.9 Å². The lowest BCUT2D eigenvalue weighted by Crippen LogP contribution is -2.51. The predicted molar refractivity (Wildman–Crippen MR) is 95.8 cm³/mol. The third kappa shape index (κ3) is 5.09. The molecule has 138 valence electrons. The van der Waals surface area contributed by atoms with Gasteiger partial charge in [0.15, 0.2) is 0 Å². The normalized spacial score (nSPS) is 20.0. The summed E-state index contributed by atoms with van der Waals surface area (Å²) in [4.78, 5) is 26.7. The van der Waals surface area contributed by atoms with Crippen LogP contribution in [0.25, 0.3) is 0 Å². The molecule has 0 unspecified atom stereocenters. The van der Waals surface area contributed by atoms with Gasteiger partial charge in [0.05, 0.1) is 25.3 Å². The Morgan fingerprint density at radius 3 is 2.72 bits per heavy atom. The number of nitrogens with one attached hydrogen (secondary N) is 2. The summed E-state index contributed by atoms with van der Waals surface area (Å²) in [5.74, 6) is 0.380. The maximum atomic E-state index is 12.7. The van der Waals surface area contributed by atoms with Crippen LogP contribution in [0.1, 0.15) is 19.8 Å². The Balaban J connectivity index is 1.98. The van der Waals surface area contributed by atoms with E-state index in [1.807, 2.05) is 19.1 Å². The molecule has 1 aromatic rings. The fourth-order valence-electron chi connectivity index (χ4n) is 2.96. The number of likely N-dealkylation sites (tertiary alicyclic amines) is 1. The SMILES string of the molecule is COCCNC(=O)[C@H]1CC[C@H](C)N(C(=O)Nc2ccccc2OC)C1. The Morgan fingerprint density at radius 1 is 1.24 bits per heavy atom. The molecular formula is C18H27N3O4. The number of benzene rings is 1. The van der Waals surface area contributed by atoms with Gasteiger partial charge in [0, 0.05) is 26.2 Å². The molecule has 1 fully saturated rings. The molecule has 1 aliphatic rings. The monoisotopic (exact) mass is 349 g/mol. The van der Waals surface area contributed by atoms with Gasteiger partial charge in [-0.2, -0.15) is 0 Å². The molecule has 0 saturated carbocycles. The van der Waals surface area contributed by atoms with Crippen molar-refractivity contribution < 1.29 is 19.1 Å². The zero-order valence-electron chi connectivity index (χ0n) is 15.1. The van der Waals surface area contributed by atoms with Crippen LogP contribution >= 0.6 is 0 Å². The summed E-state index contributed by atoms with van der Waals surface area (Å²) in [5.41, 5.74) is 0.619. The van der Waals surface area contributed by atoms with Crippen LogP contribution in [0.2, 0.25) is 0 Å². The van der Waals surface area contributed by atoms with Gasteiger partial charge in [0.1, 0.15) is 5.75 Å². The van der Waals surface area contributed by atoms with Crippen LogP contribution in [0.3, 0.4) is 0 Å². The van der Waals surface area contributed by atoms with Crippen LogP contribution < -0.4 is 15.4 Å². The van der Waals surface area contributed by atoms with Crippen LogP contribution in [0.5, 0.6) is 5.75 Å². The van der Waals surface area contributed by atoms with E-state index >= 15 is 0 Å². The quantitative estimate of drug-likeness (QED) is 0.771. The van der Waals surface area contributed by atoms with E-state index in [4.69, 9.17) is 9.47 Å². The Morgan fingerprint density at radius 2 is 2.00 bits per heavy atom. The Hall–Kier alpha value is -2.28. The van der Waals surface area contributed by atoms with Crippen LogP contribution in [-0.2, 0) is 9.53 Å². The number of rotatable bonds is 6. The minimum atomic E-state index is -0.216. The van der Waals surface area contributed by atoms with Crippen molar-refractivity contribution in [1.82, 2.24) is 10.2 Å². The molecule has 3 amide bonds. The van der Waals surface area contributed by atoms with Crippen molar-refractivity contribution in [1.29, 1.82) is 0 Å². The standard InChI is InChI=1S/C18H27N3O4/c1-13-8-9-14(17(22)19-10-11-24-2)12-21(13)18(23)20-15-6-4-5-7-16(15)25-3/h4-7,13-14H,8-12H2,1-3H3,(H,19,22)(H,20,23)/t13-,14-/m0/s1. The van der Waals surface area contributed by atoms with Crippen molar-refractivity contribution in [2.75, 3.05) is 39.2 Å². The van der Waals surface area contributed by atoms with E-state index in [-0.39, 0.29) is 23.9 Å². The van der Waals surface area contributed by atoms with Gasteiger partial charge in [-0.05, 0) is 31.9 Å². The van der Waals surface area contributed by atoms with Gasteiger partial charge in [-0.15, -0.1) is 0 Å². The van der Waals surface area contributed by atoms with Crippen LogP contribution in [0, 0.1) is 5.92 Å². The molecule has 1 heterocycles. The van der Waals surface area contributed by atoms with Crippen LogP contribution in [-0.4, -0.2) is 56.8 Å². The number of nitrogens with zero attached hydrogens (tertiary/aromatic N) is 1. The highest BCUT2D eigenvalue weighted by Gasteiger charge is 2.32. The minimum Gasteiger partial charge on any atom is -0.495 e. The Labute approximate surface area is 148 Å². The first kappa shape index (κ1) is 19.1. The number of hydrogen-bond donors (Lipinski definition) is 2. The van der Waals surface area contributed by atoms with Crippen molar-refractivity contribution in [2.45, 2.75) is 25.8 Å². The Bertz CT molecular complexity index is 593. The molecule has 2 atom stereocenters. The van der Waals surface area contributed by atoms with E-state index in [0.29, 0.717) is 31.1 Å². The van der Waals surface area contributed by atoms with Gasteiger partial charge >= 0.3 is 6.03 Å². The lowest BCUT2D eigenvalue weighted by molar-refractivity contribution is -0.126. The maximum Gasteiger partial charge on any atom is 0.322 e. The number of piperidine rings is 1. The number of carbonyl (C=O) groups excluding carboxylic acids is 2. The maximum absolute atomic E-state index is 12.7. The molecule has 2 rings (SSSR count). The van der Waals surface area contributed by atoms with Gasteiger partial charge < -0.3 is 25.0 Å². The zero-order chi connectivity index (χ0) is 18.2. The summed E-state index contributed by atoms with van der Waals surface area (Å²) >= 11 is 0. The highest BCUT2D eigenvalue weighted by molar-refractivity contribution is 5.91. The molecule has 0 spiro atoms. The molecule has 0 aliphatic carbocycles. The lowest BCUT2D eigenvalue weighted by Gasteiger charge is -2.37. The average molecular weight is 349 g/mol. The first-order chi connectivity index (χ1) is 12.1. The highest BCUT2D eigenvalue weighted by Crippen LogP contribution is 2.26. The van der Waals surface area contributed by atoms with Crippen LogP contribution in [0.15, 0.2) is 24.3 Å². The van der Waals surface area contributed by atoms with E-state index in [2.05, 4.69) is 10.6 Å². The summed E-state index contributed by atoms with van der Waals surface area (Å²) in [5, 5.41) is 5.74. The van der Waals surface area contributed by atoms with Crippen molar-refractivity contribution in [2.24, 2.45) is 5.92 Å². The number of methoxy groups -OCH3 is 2. The second-order valence-corrected chi connectivity index (χ2v) is 6.19. The van der Waals surface area contributed by atoms with E-state index in [1.165, 1.54) is 0 Å². The van der Waals surface area contributed by atoms with E-state index in [9.17, 15) is 9.59 Å². The number of urea groups is 1. The average Bonchev–Trinajstić information content (AvgIpc) is 2.62. The molecule has 0 bridgehead atoms. The molecular weight excluding hydrogens is 322 g/mol. The molecule has 7 heteroatoms. The summed E-state index contributed by atoms with van der Waals surface area (Å²) in [6.45, 7) is 3.36. The molecule has 25 heavy (non-hydrogen) atoms. The fourth-order valence-corrected chi connectivity index (χ4v) is 2.96. The van der Waals surface area contributed by atoms with Crippen LogP contribution in [0.4, 0.5) is 10.5 Å². The molecule has 0 radical (unpaired) electrons. The molecule has 7 nitrogen and oxygen atoms in total. The fraction of sp³-hybridized carbons (Fsp3) is 0.556. The number of carbonyl (C=O) groups is 2. The second-order valence-electron chi connectivity index (χ2n) is 6.19. The molecule has 1 aromatic carbocycles. The summed E-state index contributed by atoms with van der Waals surface area (Å²) in [7, 11) is 3.16. The number of para-hydroxylation sites is 2. The third-order valence-corrected chi connectivity index (χ3v) is 4.47. The Kier molecular flexibility index (Phi) is 7.06. The largest absolute Gasteiger partial charge is 0.495 e. The smallest absolute Gasteiger partial charge is 0.322 e. The zero-order valence-corrected chi connectivity index (χ0v) is 15.1. The summed E-state index contributed by atoms with van der Waals surface area (Å²) in [6, 6.07) is 7.13. The predicted octanol–water partition coefficient (Wildman–Crippen LogP) is 2.09. The van der Waals surface area contributed by atoms with Gasteiger partial charge in [0.25, 0.3) is 0 Å². The van der Waals surface area contributed by atoms with Gasteiger partial charge in [-0.25, -0.2) is 4.79 Å². The third-order valence-electron chi connectivity index (χ3n) is 4.47. The second kappa shape index (κ2) is 9.27. The molecule has 0 aromatic heterocycles. The van der Waals surface area contributed by atoms with Gasteiger partial charge in [-0.1, -0.05) is 12.1 Å². The first-order valence-electron chi connectivity index (χ1n) is 8.54. The molecule has 2 N–H and O–H groups in total. The highest BCUT2D eigenvalue weighted by atomic mass is 16.5. The minimum absolute atomic E-state index is 0.0287. The van der Waals surface area contributed by atoms with E-state index in [1.54, 1.807) is 31.3 Å². The molecule has 1 saturated heterocycles. The van der Waals surface area contributed by atoms with E-state index in [0.717, 1.165) is 12.8 Å². The first-order valence-corrected chi connectivity index (χ1v) is 8.54. The lowest BCUT2D eigenvalue weighted by atomic mass is 9.93. The summed E-state index contributed by atoms with van der Waals surface area (Å²) < 4.78 is 10.2. The van der Waals surface area contributed by atoms with Crippen molar-refractivity contribution in [3.63, 3.8) is 0 Å². The number of hydrogen-bond acceptors (Lipinski definition) is 4. The summed E-state index contributed by atoms with van der Waals surface area (Å²) in [6.07, 6.45) is 1.57. The van der Waals surface area contributed by atoms with Crippen molar-refractivity contribution in [3.8, 4) is 5.75 Å².